The van der Waals surface area contributed by atoms with Gasteiger partial charge in [0, 0.05) is 23.5 Å². The summed E-state index contributed by atoms with van der Waals surface area (Å²) in [5, 5.41) is 22.1. The Balaban J connectivity index is 1.36. The van der Waals surface area contributed by atoms with E-state index >= 15 is 0 Å². The highest BCUT2D eigenvalue weighted by Crippen LogP contribution is 2.40. The zero-order chi connectivity index (χ0) is 24.7. The molecule has 3 aromatic heterocycles. The van der Waals surface area contributed by atoms with E-state index in [1.807, 2.05) is 6.20 Å². The second-order valence-electron chi connectivity index (χ2n) is 7.69. The van der Waals surface area contributed by atoms with Crippen LogP contribution in [0.4, 0.5) is 5.88 Å². The molecule has 3 N–H and O–H groups in total. The predicted molar refractivity (Wildman–Crippen MR) is 118 cm³/mol. The molecule has 0 spiro atoms. The number of pyridine rings is 1. The lowest BCUT2D eigenvalue weighted by molar-refractivity contribution is -0.687. The summed E-state index contributed by atoms with van der Waals surface area (Å²) in [5.41, 5.74) is 6.29. The maximum atomic E-state index is 12.9. The van der Waals surface area contributed by atoms with Crippen LogP contribution in [0.15, 0.2) is 62.2 Å². The number of hydrogen-bond donors (Lipinski definition) is 2. The SMILES string of the molecule is CO/N=C(\C(=O)NC1C(=O)N2C(C(=O)[O-])=C(C[n+]3ccc4occc4c3)CS[C@H]12)c1cc(N)on1. The van der Waals surface area contributed by atoms with Gasteiger partial charge in [0.2, 0.25) is 5.88 Å². The van der Waals surface area contributed by atoms with Gasteiger partial charge in [0.05, 0.1) is 23.3 Å². The lowest BCUT2D eigenvalue weighted by Crippen LogP contribution is -2.71. The summed E-state index contributed by atoms with van der Waals surface area (Å²) >= 11 is 1.33. The summed E-state index contributed by atoms with van der Waals surface area (Å²) in [6.07, 6.45) is 5.15. The van der Waals surface area contributed by atoms with Crippen LogP contribution in [0.3, 0.4) is 0 Å². The molecule has 2 atom stereocenters. The van der Waals surface area contributed by atoms with Crippen molar-refractivity contribution in [2.24, 2.45) is 5.16 Å². The Morgan fingerprint density at radius 2 is 2.29 bits per heavy atom. The van der Waals surface area contributed by atoms with Gasteiger partial charge in [-0.15, -0.1) is 11.8 Å². The number of nitrogen functional groups attached to an aromatic ring is 1. The number of aliphatic carboxylic acids is 1. The lowest BCUT2D eigenvalue weighted by Gasteiger charge is -2.50. The number of nitrogens with two attached hydrogens (primary N) is 1. The summed E-state index contributed by atoms with van der Waals surface area (Å²) in [5.74, 6) is -2.52. The van der Waals surface area contributed by atoms with E-state index in [1.165, 1.54) is 24.9 Å². The monoisotopic (exact) mass is 498 g/mol. The molecule has 0 radical (unpaired) electrons. The van der Waals surface area contributed by atoms with E-state index in [2.05, 4.69) is 15.6 Å². The second-order valence-corrected chi connectivity index (χ2v) is 8.80. The van der Waals surface area contributed by atoms with Gasteiger partial charge in [0.1, 0.15) is 29.8 Å². The molecule has 0 aliphatic carbocycles. The first-order chi connectivity index (χ1) is 16.9. The number of furan rings is 1. The number of thioether (sulfide) groups is 1. The quantitative estimate of drug-likeness (QED) is 0.173. The normalized spacial score (nSPS) is 20.0. The van der Waals surface area contributed by atoms with E-state index in [0.717, 1.165) is 10.3 Å². The molecule has 2 aliphatic rings. The molecule has 2 amide bonds. The van der Waals surface area contributed by atoms with Gasteiger partial charge in [-0.05, 0) is 6.07 Å². The Labute approximate surface area is 201 Å². The molecule has 180 valence electrons. The number of hydrogen-bond acceptors (Lipinski definition) is 11. The number of aromatic nitrogens is 2. The fourth-order valence-corrected chi connectivity index (χ4v) is 5.31. The van der Waals surface area contributed by atoms with Crippen LogP contribution in [0.2, 0.25) is 0 Å². The standard InChI is InChI=1S/C21H18N6O7S/c1-32-25-15(12-6-14(22)34-24-12)18(28)23-16-19(29)27-17(21(30)31)11(9-35-20(16)27)8-26-4-2-13-10(7-26)3-5-33-13/h2-7,16,20H,8-9H2,1H3,(H3-,22,23,24,28,30,31)/b25-15-/t16?,20-/m1/s1. The maximum Gasteiger partial charge on any atom is 0.276 e. The average molecular weight is 498 g/mol. The summed E-state index contributed by atoms with van der Waals surface area (Å²) in [4.78, 5) is 43.6. The number of carbonyl (C=O) groups excluding carboxylic acids is 3. The molecule has 0 aromatic carbocycles. The third-order valence-corrected chi connectivity index (χ3v) is 6.86. The minimum Gasteiger partial charge on any atom is -0.543 e. The van der Waals surface area contributed by atoms with E-state index in [0.29, 0.717) is 16.9 Å². The Hall–Kier alpha value is -4.33. The molecule has 0 saturated carbocycles. The zero-order valence-corrected chi connectivity index (χ0v) is 19.0. The number of rotatable bonds is 7. The molecular weight excluding hydrogens is 480 g/mol. The van der Waals surface area contributed by atoms with Gasteiger partial charge in [-0.3, -0.25) is 14.5 Å². The van der Waals surface area contributed by atoms with Gasteiger partial charge >= 0.3 is 0 Å². The molecule has 35 heavy (non-hydrogen) atoms. The van der Waals surface area contributed by atoms with Crippen molar-refractivity contribution in [3.63, 3.8) is 0 Å². The molecule has 5 rings (SSSR count). The molecule has 3 aromatic rings. The Morgan fingerprint density at radius 3 is 3.00 bits per heavy atom. The number of amides is 2. The molecule has 14 heteroatoms. The molecule has 5 heterocycles. The lowest BCUT2D eigenvalue weighted by atomic mass is 10.0. The van der Waals surface area contributed by atoms with Crippen LogP contribution in [-0.4, -0.2) is 57.8 Å². The van der Waals surface area contributed by atoms with Crippen molar-refractivity contribution in [3.05, 3.63) is 53.8 Å². The average Bonchev–Trinajstić information content (AvgIpc) is 3.48. The van der Waals surface area contributed by atoms with Crippen molar-refractivity contribution in [1.82, 2.24) is 15.4 Å². The molecule has 1 fully saturated rings. The van der Waals surface area contributed by atoms with E-state index in [9.17, 15) is 19.5 Å². The van der Waals surface area contributed by atoms with Crippen molar-refractivity contribution in [2.75, 3.05) is 18.6 Å². The predicted octanol–water partition coefficient (Wildman–Crippen LogP) is -1.25. The topological polar surface area (TPSA) is 180 Å². The van der Waals surface area contributed by atoms with Crippen LogP contribution in [0, 0.1) is 0 Å². The van der Waals surface area contributed by atoms with Gasteiger partial charge in [0.25, 0.3) is 11.8 Å². The van der Waals surface area contributed by atoms with Gasteiger partial charge in [-0.2, -0.15) is 0 Å². The fraction of sp³-hybridized carbons (Fsp3) is 0.238. The minimum absolute atomic E-state index is 0.0194. The van der Waals surface area contributed by atoms with Crippen molar-refractivity contribution >= 4 is 52.1 Å². The first-order valence-corrected chi connectivity index (χ1v) is 11.3. The molecule has 1 unspecified atom stereocenters. The second kappa shape index (κ2) is 8.79. The number of anilines is 1. The van der Waals surface area contributed by atoms with E-state index in [-0.39, 0.29) is 29.5 Å². The van der Waals surface area contributed by atoms with Gasteiger partial charge in [-0.1, -0.05) is 10.3 Å². The number of oxime groups is 1. The van der Waals surface area contributed by atoms with Crippen LogP contribution in [-0.2, 0) is 25.8 Å². The summed E-state index contributed by atoms with van der Waals surface area (Å²) in [6.45, 7) is 0.239. The van der Waals surface area contributed by atoms with Gasteiger partial charge < -0.3 is 34.7 Å². The highest BCUT2D eigenvalue weighted by atomic mass is 32.2. The molecule has 0 bridgehead atoms. The van der Waals surface area contributed by atoms with E-state index in [4.69, 9.17) is 19.5 Å². The van der Waals surface area contributed by atoms with Crippen LogP contribution in [0.1, 0.15) is 5.69 Å². The highest BCUT2D eigenvalue weighted by Gasteiger charge is 2.53. The Morgan fingerprint density at radius 1 is 1.46 bits per heavy atom. The third-order valence-electron chi connectivity index (χ3n) is 5.52. The van der Waals surface area contributed by atoms with Gasteiger partial charge in [0.15, 0.2) is 24.7 Å². The van der Waals surface area contributed by atoms with Crippen molar-refractivity contribution < 1.29 is 37.8 Å². The third kappa shape index (κ3) is 3.97. The molecule has 2 aliphatic heterocycles. The van der Waals surface area contributed by atoms with Crippen LogP contribution in [0.5, 0.6) is 0 Å². The Kier molecular flexibility index (Phi) is 5.64. The molecule has 1 saturated heterocycles. The van der Waals surface area contributed by atoms with Crippen molar-refractivity contribution in [2.45, 2.75) is 18.0 Å². The Bertz CT molecular complexity index is 1410. The van der Waals surface area contributed by atoms with E-state index < -0.39 is 29.2 Å². The molecule has 13 nitrogen and oxygen atoms in total. The summed E-state index contributed by atoms with van der Waals surface area (Å²) in [6, 6.07) is 3.87. The number of nitrogens with zero attached hydrogens (tertiary/aromatic N) is 4. The van der Waals surface area contributed by atoms with Gasteiger partial charge in [-0.25, -0.2) is 4.57 Å². The summed E-state index contributed by atoms with van der Waals surface area (Å²) in [7, 11) is 1.24. The number of fused-ring (bicyclic) bond motifs is 2. The molecular formula is C21H18N6O7S. The number of nitrogens with one attached hydrogen (secondary N) is 1. The largest absolute Gasteiger partial charge is 0.543 e. The van der Waals surface area contributed by atoms with Crippen LogP contribution >= 0.6 is 11.8 Å². The van der Waals surface area contributed by atoms with Crippen molar-refractivity contribution in [3.8, 4) is 0 Å². The number of carbonyl (C=O) groups is 3. The first kappa shape index (κ1) is 22.5. The van der Waals surface area contributed by atoms with Crippen LogP contribution in [0.25, 0.3) is 11.0 Å². The fourth-order valence-electron chi connectivity index (χ4n) is 3.98. The minimum atomic E-state index is -1.46. The maximum absolute atomic E-state index is 12.9. The highest BCUT2D eigenvalue weighted by molar-refractivity contribution is 8.00. The summed E-state index contributed by atoms with van der Waals surface area (Å²) < 4.78 is 11.9. The number of carboxylic acids is 1. The number of carboxylic acid groups (broad SMARTS) is 1. The first-order valence-electron chi connectivity index (χ1n) is 10.3. The van der Waals surface area contributed by atoms with E-state index in [1.54, 1.807) is 29.2 Å². The van der Waals surface area contributed by atoms with Crippen molar-refractivity contribution in [1.29, 1.82) is 0 Å². The van der Waals surface area contributed by atoms with Crippen LogP contribution < -0.4 is 20.7 Å². The number of β-lactam (4-membered cyclic amide) rings is 1. The smallest absolute Gasteiger partial charge is 0.276 e. The zero-order valence-electron chi connectivity index (χ0n) is 18.2.